The largest absolute Gasteiger partial charge is 0.352 e. The van der Waals surface area contributed by atoms with Gasteiger partial charge in [0.25, 0.3) is 5.91 Å². The van der Waals surface area contributed by atoms with Gasteiger partial charge in [-0.2, -0.15) is 0 Å². The number of carbonyl (C=O) groups excluding carboxylic acids is 2. The second kappa shape index (κ2) is 11.7. The molecule has 0 unspecified atom stereocenters. The maximum Gasteiger partial charge on any atom is 0.251 e. The van der Waals surface area contributed by atoms with Crippen LogP contribution in [0.15, 0.2) is 72.9 Å². The van der Waals surface area contributed by atoms with E-state index in [1.54, 1.807) is 12.3 Å². The predicted molar refractivity (Wildman–Crippen MR) is 142 cm³/mol. The zero-order valence-corrected chi connectivity index (χ0v) is 21.0. The molecule has 2 aliphatic rings. The van der Waals surface area contributed by atoms with Crippen molar-refractivity contribution in [1.82, 2.24) is 15.6 Å². The molecule has 5 nitrogen and oxygen atoms in total. The Morgan fingerprint density at radius 1 is 0.919 bits per heavy atom. The van der Waals surface area contributed by atoms with Crippen LogP contribution in [0.3, 0.4) is 0 Å². The number of rotatable bonds is 7. The standard InChI is InChI=1S/C31H34FN3O2/c32-25-14-15-27-24(18-25)13-16-29(28(27)19-26-8-4-5-17-33-26)35-31(37)23-11-9-21(10-12-23)20-34-30(36)22-6-2-1-3-7-22/h1-8,14-15,17-18,21,23,28-29H,9-13,16,19-20H2,(H,34,36)(H,35,37)/t21?,23?,28-,29-/m1/s1. The SMILES string of the molecule is O=C(NCC1CCC(C(=O)N[C@@H]2CCc3cc(F)ccc3[C@H]2Cc2ccccn2)CC1)c1ccccc1. The summed E-state index contributed by atoms with van der Waals surface area (Å²) in [6.45, 7) is 0.643. The van der Waals surface area contributed by atoms with E-state index in [-0.39, 0.29) is 35.5 Å². The summed E-state index contributed by atoms with van der Waals surface area (Å²) in [4.78, 5) is 30.2. The number of aryl methyl sites for hydroxylation is 1. The van der Waals surface area contributed by atoms with Crippen molar-refractivity contribution in [3.63, 3.8) is 0 Å². The fourth-order valence-corrected chi connectivity index (χ4v) is 5.91. The Morgan fingerprint density at radius 3 is 2.46 bits per heavy atom. The fraction of sp³-hybridized carbons (Fsp3) is 0.387. The highest BCUT2D eigenvalue weighted by molar-refractivity contribution is 5.94. The first-order valence-electron chi connectivity index (χ1n) is 13.4. The summed E-state index contributed by atoms with van der Waals surface area (Å²) in [5, 5.41) is 6.42. The van der Waals surface area contributed by atoms with Crippen molar-refractivity contribution in [3.8, 4) is 0 Å². The third-order valence-electron chi connectivity index (χ3n) is 8.00. The molecule has 37 heavy (non-hydrogen) atoms. The molecular formula is C31H34FN3O2. The van der Waals surface area contributed by atoms with Crippen molar-refractivity contribution < 1.29 is 14.0 Å². The first-order chi connectivity index (χ1) is 18.1. The van der Waals surface area contributed by atoms with Crippen molar-refractivity contribution in [2.45, 2.75) is 56.9 Å². The zero-order chi connectivity index (χ0) is 25.6. The van der Waals surface area contributed by atoms with Crippen LogP contribution in [-0.2, 0) is 17.6 Å². The maximum absolute atomic E-state index is 13.9. The van der Waals surface area contributed by atoms with Crippen LogP contribution in [0.5, 0.6) is 0 Å². The minimum Gasteiger partial charge on any atom is -0.352 e. The van der Waals surface area contributed by atoms with Crippen molar-refractivity contribution >= 4 is 11.8 Å². The molecule has 3 aromatic rings. The molecule has 0 spiro atoms. The lowest BCUT2D eigenvalue weighted by Gasteiger charge is -2.36. The van der Waals surface area contributed by atoms with E-state index in [2.05, 4.69) is 15.6 Å². The van der Waals surface area contributed by atoms with Crippen LogP contribution in [0.4, 0.5) is 4.39 Å². The van der Waals surface area contributed by atoms with E-state index < -0.39 is 0 Å². The third-order valence-corrected chi connectivity index (χ3v) is 8.00. The number of carbonyl (C=O) groups is 2. The van der Waals surface area contributed by atoms with Gasteiger partial charge in [0, 0.05) is 41.9 Å². The minimum absolute atomic E-state index is 0.00430. The molecule has 0 bridgehead atoms. The Balaban J connectivity index is 1.17. The molecule has 2 amide bonds. The van der Waals surface area contributed by atoms with Gasteiger partial charge in [-0.05, 0) is 98.4 Å². The van der Waals surface area contributed by atoms with Crippen LogP contribution in [-0.4, -0.2) is 29.4 Å². The molecule has 1 aromatic heterocycles. The normalized spacial score (nSPS) is 23.1. The lowest BCUT2D eigenvalue weighted by atomic mass is 9.76. The third kappa shape index (κ3) is 6.24. The summed E-state index contributed by atoms with van der Waals surface area (Å²) in [7, 11) is 0. The van der Waals surface area contributed by atoms with E-state index in [4.69, 9.17) is 0 Å². The van der Waals surface area contributed by atoms with Gasteiger partial charge in [0.15, 0.2) is 0 Å². The van der Waals surface area contributed by atoms with Gasteiger partial charge in [0.2, 0.25) is 5.91 Å². The van der Waals surface area contributed by atoms with E-state index in [0.717, 1.165) is 55.3 Å². The average molecular weight is 500 g/mol. The smallest absolute Gasteiger partial charge is 0.251 e. The van der Waals surface area contributed by atoms with Gasteiger partial charge in [0.05, 0.1) is 0 Å². The topological polar surface area (TPSA) is 71.1 Å². The van der Waals surface area contributed by atoms with E-state index in [9.17, 15) is 14.0 Å². The van der Waals surface area contributed by atoms with E-state index in [0.29, 0.717) is 24.4 Å². The van der Waals surface area contributed by atoms with Gasteiger partial charge in [-0.3, -0.25) is 14.6 Å². The highest BCUT2D eigenvalue weighted by Gasteiger charge is 2.34. The van der Waals surface area contributed by atoms with E-state index in [1.807, 2.05) is 54.6 Å². The second-order valence-electron chi connectivity index (χ2n) is 10.4. The Kier molecular flexibility index (Phi) is 7.93. The van der Waals surface area contributed by atoms with Gasteiger partial charge in [-0.15, -0.1) is 0 Å². The number of hydrogen-bond acceptors (Lipinski definition) is 3. The molecule has 1 heterocycles. The molecule has 2 aliphatic carbocycles. The number of hydrogen-bond donors (Lipinski definition) is 2. The fourth-order valence-electron chi connectivity index (χ4n) is 5.91. The van der Waals surface area contributed by atoms with Crippen molar-refractivity contribution in [2.75, 3.05) is 6.54 Å². The van der Waals surface area contributed by atoms with Crippen LogP contribution in [0, 0.1) is 17.7 Å². The first kappa shape index (κ1) is 25.1. The summed E-state index contributed by atoms with van der Waals surface area (Å²) in [5.41, 5.74) is 3.79. The highest BCUT2D eigenvalue weighted by atomic mass is 19.1. The number of nitrogens with one attached hydrogen (secondary N) is 2. The zero-order valence-electron chi connectivity index (χ0n) is 21.0. The number of benzene rings is 2. The van der Waals surface area contributed by atoms with Crippen LogP contribution in [0.25, 0.3) is 0 Å². The monoisotopic (exact) mass is 499 g/mol. The molecule has 2 N–H and O–H groups in total. The Morgan fingerprint density at radius 2 is 1.70 bits per heavy atom. The number of fused-ring (bicyclic) bond motifs is 1. The van der Waals surface area contributed by atoms with Crippen LogP contribution < -0.4 is 10.6 Å². The van der Waals surface area contributed by atoms with Crippen LogP contribution in [0.1, 0.15) is 65.2 Å². The number of aromatic nitrogens is 1. The Labute approximate surface area is 217 Å². The van der Waals surface area contributed by atoms with Crippen molar-refractivity contribution in [1.29, 1.82) is 0 Å². The molecule has 0 aliphatic heterocycles. The van der Waals surface area contributed by atoms with Gasteiger partial charge >= 0.3 is 0 Å². The molecule has 1 saturated carbocycles. The Hall–Kier alpha value is -3.54. The number of nitrogens with zero attached hydrogens (tertiary/aromatic N) is 1. The Bertz CT molecular complexity index is 1210. The lowest BCUT2D eigenvalue weighted by molar-refractivity contribution is -0.127. The lowest BCUT2D eigenvalue weighted by Crippen LogP contribution is -2.46. The quantitative estimate of drug-likeness (QED) is 0.469. The van der Waals surface area contributed by atoms with Gasteiger partial charge in [0.1, 0.15) is 5.82 Å². The molecule has 6 heteroatoms. The number of amides is 2. The highest BCUT2D eigenvalue weighted by Crippen LogP contribution is 2.36. The van der Waals surface area contributed by atoms with Crippen LogP contribution >= 0.6 is 0 Å². The molecule has 0 saturated heterocycles. The van der Waals surface area contributed by atoms with Gasteiger partial charge in [-0.1, -0.05) is 30.3 Å². The van der Waals surface area contributed by atoms with E-state index >= 15 is 0 Å². The number of halogens is 1. The van der Waals surface area contributed by atoms with Gasteiger partial charge in [-0.25, -0.2) is 4.39 Å². The van der Waals surface area contributed by atoms with Crippen molar-refractivity contribution in [2.24, 2.45) is 11.8 Å². The van der Waals surface area contributed by atoms with E-state index in [1.165, 1.54) is 6.07 Å². The molecule has 192 valence electrons. The van der Waals surface area contributed by atoms with Crippen LogP contribution in [0.2, 0.25) is 0 Å². The second-order valence-corrected chi connectivity index (χ2v) is 10.4. The van der Waals surface area contributed by atoms with Gasteiger partial charge < -0.3 is 10.6 Å². The summed E-state index contributed by atoms with van der Waals surface area (Å²) >= 11 is 0. The molecule has 5 rings (SSSR count). The molecule has 2 aromatic carbocycles. The predicted octanol–water partition coefficient (Wildman–Crippen LogP) is 5.21. The molecular weight excluding hydrogens is 465 g/mol. The molecule has 0 radical (unpaired) electrons. The number of pyridine rings is 1. The molecule has 1 fully saturated rings. The summed E-state index contributed by atoms with van der Waals surface area (Å²) in [5.74, 6) is 0.309. The first-order valence-corrected chi connectivity index (χ1v) is 13.4. The maximum atomic E-state index is 13.9. The summed E-state index contributed by atoms with van der Waals surface area (Å²) in [6.07, 6.45) is 7.56. The molecule has 2 atom stereocenters. The summed E-state index contributed by atoms with van der Waals surface area (Å²) < 4.78 is 13.9. The minimum atomic E-state index is -0.213. The average Bonchev–Trinajstić information content (AvgIpc) is 2.94. The van der Waals surface area contributed by atoms with Crippen molar-refractivity contribution in [3.05, 3.63) is 101 Å². The summed E-state index contributed by atoms with van der Waals surface area (Å²) in [6, 6.07) is 20.2.